The molecule has 134 valence electrons. The summed E-state index contributed by atoms with van der Waals surface area (Å²) in [6.45, 7) is 3.63. The molecular formula is C16H36NO4P. The molecule has 0 aromatic carbocycles. The van der Waals surface area contributed by atoms with Gasteiger partial charge >= 0.3 is 7.60 Å². The van der Waals surface area contributed by atoms with Gasteiger partial charge < -0.3 is 19.9 Å². The van der Waals surface area contributed by atoms with Gasteiger partial charge in [0, 0.05) is 13.2 Å². The van der Waals surface area contributed by atoms with E-state index in [2.05, 4.69) is 6.92 Å². The number of hydrogen-bond acceptors (Lipinski definition) is 4. The maximum absolute atomic E-state index is 11.3. The average molecular weight is 337 g/mol. The van der Waals surface area contributed by atoms with Crippen LogP contribution >= 0.6 is 7.60 Å². The first kappa shape index (κ1) is 22.1. The maximum Gasteiger partial charge on any atom is 0.329 e. The van der Waals surface area contributed by atoms with Gasteiger partial charge in [-0.3, -0.25) is 4.57 Å². The van der Waals surface area contributed by atoms with Crippen LogP contribution in [0.1, 0.15) is 71.1 Å². The lowest BCUT2D eigenvalue weighted by Crippen LogP contribution is -2.10. The van der Waals surface area contributed by atoms with Gasteiger partial charge in [-0.25, -0.2) is 0 Å². The van der Waals surface area contributed by atoms with Gasteiger partial charge in [-0.1, -0.05) is 64.7 Å². The van der Waals surface area contributed by atoms with Crippen molar-refractivity contribution in [3.05, 3.63) is 0 Å². The number of unbranched alkanes of at least 4 members (excludes halogenated alkanes) is 9. The summed E-state index contributed by atoms with van der Waals surface area (Å²) in [7, 11) is -3.48. The Balaban J connectivity index is 3.13. The van der Waals surface area contributed by atoms with Crippen molar-refractivity contribution in [2.75, 3.05) is 32.5 Å². The van der Waals surface area contributed by atoms with Gasteiger partial charge in [-0.15, -0.1) is 0 Å². The quantitative estimate of drug-likeness (QED) is 0.309. The molecule has 1 unspecified atom stereocenters. The summed E-state index contributed by atoms with van der Waals surface area (Å²) in [4.78, 5) is 9.30. The third kappa shape index (κ3) is 16.4. The Morgan fingerprint density at radius 2 is 1.41 bits per heavy atom. The lowest BCUT2D eigenvalue weighted by atomic mass is 10.1. The minimum Gasteiger partial charge on any atom is -0.379 e. The zero-order chi connectivity index (χ0) is 16.5. The zero-order valence-corrected chi connectivity index (χ0v) is 15.2. The van der Waals surface area contributed by atoms with Gasteiger partial charge in [0.1, 0.15) is 0 Å². The van der Waals surface area contributed by atoms with Gasteiger partial charge in [-0.05, 0) is 6.42 Å². The van der Waals surface area contributed by atoms with Crippen molar-refractivity contribution in [2.24, 2.45) is 5.73 Å². The highest BCUT2D eigenvalue weighted by atomic mass is 31.2. The SMILES string of the molecule is CCCCCCCCCCCCOCCOP(=O)(O)CCN. The number of ether oxygens (including phenoxy) is 1. The smallest absolute Gasteiger partial charge is 0.329 e. The number of hydrogen-bond donors (Lipinski definition) is 2. The van der Waals surface area contributed by atoms with Crippen molar-refractivity contribution in [3.63, 3.8) is 0 Å². The standard InChI is InChI=1S/C16H36NO4P/c1-2-3-4-5-6-7-8-9-10-11-13-20-14-15-21-22(18,19)16-12-17/h2-17H2,1H3,(H,18,19). The van der Waals surface area contributed by atoms with Gasteiger partial charge in [0.2, 0.25) is 0 Å². The highest BCUT2D eigenvalue weighted by Gasteiger charge is 2.16. The summed E-state index contributed by atoms with van der Waals surface area (Å²) in [5, 5.41) is 0. The molecule has 0 aromatic heterocycles. The van der Waals surface area contributed by atoms with E-state index in [4.69, 9.17) is 15.0 Å². The predicted octanol–water partition coefficient (Wildman–Crippen LogP) is 4.08. The first-order chi connectivity index (χ1) is 10.6. The van der Waals surface area contributed by atoms with Gasteiger partial charge in [0.25, 0.3) is 0 Å². The van der Waals surface area contributed by atoms with E-state index in [1.165, 1.54) is 57.8 Å². The molecule has 0 amide bonds. The lowest BCUT2D eigenvalue weighted by molar-refractivity contribution is 0.0926. The Hall–Kier alpha value is 0.0700. The second-order valence-electron chi connectivity index (χ2n) is 5.78. The van der Waals surface area contributed by atoms with Gasteiger partial charge in [0.05, 0.1) is 19.4 Å². The number of rotatable bonds is 17. The summed E-state index contributed by atoms with van der Waals surface area (Å²) >= 11 is 0. The molecule has 0 radical (unpaired) electrons. The molecule has 0 aliphatic rings. The van der Waals surface area contributed by atoms with Crippen molar-refractivity contribution >= 4 is 7.60 Å². The first-order valence-corrected chi connectivity index (χ1v) is 10.6. The van der Waals surface area contributed by atoms with E-state index in [0.717, 1.165) is 6.42 Å². The van der Waals surface area contributed by atoms with Crippen LogP contribution in [0.4, 0.5) is 0 Å². The Morgan fingerprint density at radius 3 is 1.95 bits per heavy atom. The largest absolute Gasteiger partial charge is 0.379 e. The van der Waals surface area contributed by atoms with Crippen LogP contribution < -0.4 is 5.73 Å². The molecule has 0 rings (SSSR count). The molecule has 0 spiro atoms. The summed E-state index contributed by atoms with van der Waals surface area (Å²) in [6.07, 6.45) is 13.0. The fourth-order valence-corrected chi connectivity index (χ4v) is 3.08. The fraction of sp³-hybridized carbons (Fsp3) is 1.00. The first-order valence-electron chi connectivity index (χ1n) is 8.86. The summed E-state index contributed by atoms with van der Waals surface area (Å²) in [5.41, 5.74) is 5.22. The normalized spacial score (nSPS) is 14.1. The Bertz CT molecular complexity index is 277. The van der Waals surface area contributed by atoms with E-state index in [1.54, 1.807) is 0 Å². The van der Waals surface area contributed by atoms with E-state index in [1.807, 2.05) is 0 Å². The summed E-state index contributed by atoms with van der Waals surface area (Å²) in [5.74, 6) is 0. The number of nitrogens with two attached hydrogens (primary N) is 1. The van der Waals surface area contributed by atoms with E-state index in [9.17, 15) is 9.46 Å². The molecule has 3 N–H and O–H groups in total. The van der Waals surface area contributed by atoms with E-state index < -0.39 is 7.60 Å². The second kappa shape index (κ2) is 15.9. The van der Waals surface area contributed by atoms with Crippen LogP contribution in [-0.4, -0.2) is 37.4 Å². The molecule has 0 fully saturated rings. The van der Waals surface area contributed by atoms with Gasteiger partial charge in [-0.2, -0.15) is 0 Å². The van der Waals surface area contributed by atoms with Crippen molar-refractivity contribution in [1.29, 1.82) is 0 Å². The highest BCUT2D eigenvalue weighted by molar-refractivity contribution is 7.52. The molecule has 0 aromatic rings. The molecule has 0 aliphatic heterocycles. The zero-order valence-electron chi connectivity index (χ0n) is 14.3. The van der Waals surface area contributed by atoms with Crippen molar-refractivity contribution in [3.8, 4) is 0 Å². The fourth-order valence-electron chi connectivity index (χ4n) is 2.26. The molecule has 0 bridgehead atoms. The van der Waals surface area contributed by atoms with Crippen LogP contribution in [0.15, 0.2) is 0 Å². The Kier molecular flexibility index (Phi) is 16.0. The van der Waals surface area contributed by atoms with E-state index >= 15 is 0 Å². The molecule has 0 saturated heterocycles. The Morgan fingerprint density at radius 1 is 0.864 bits per heavy atom. The predicted molar refractivity (Wildman–Crippen MR) is 92.4 cm³/mol. The van der Waals surface area contributed by atoms with Crippen LogP contribution in [0, 0.1) is 0 Å². The molecule has 0 aliphatic carbocycles. The van der Waals surface area contributed by atoms with Crippen molar-refractivity contribution in [1.82, 2.24) is 0 Å². The highest BCUT2D eigenvalue weighted by Crippen LogP contribution is 2.40. The molecule has 5 nitrogen and oxygen atoms in total. The van der Waals surface area contributed by atoms with E-state index in [0.29, 0.717) is 13.2 Å². The average Bonchev–Trinajstić information content (AvgIpc) is 2.47. The van der Waals surface area contributed by atoms with Crippen molar-refractivity contribution < 1.29 is 18.7 Å². The van der Waals surface area contributed by atoms with Crippen LogP contribution in [-0.2, 0) is 13.8 Å². The Labute approximate surface area is 136 Å². The molecule has 1 atom stereocenters. The maximum atomic E-state index is 11.3. The second-order valence-corrected chi connectivity index (χ2v) is 7.76. The molecule has 6 heteroatoms. The van der Waals surface area contributed by atoms with Crippen LogP contribution in [0.5, 0.6) is 0 Å². The molecule has 22 heavy (non-hydrogen) atoms. The van der Waals surface area contributed by atoms with Crippen molar-refractivity contribution in [2.45, 2.75) is 71.1 Å². The lowest BCUT2D eigenvalue weighted by Gasteiger charge is -2.11. The molecule has 0 heterocycles. The van der Waals surface area contributed by atoms with Gasteiger partial charge in [0.15, 0.2) is 0 Å². The topological polar surface area (TPSA) is 81.8 Å². The third-order valence-electron chi connectivity index (χ3n) is 3.57. The monoisotopic (exact) mass is 337 g/mol. The minimum absolute atomic E-state index is 0.00540. The molecular weight excluding hydrogens is 301 g/mol. The third-order valence-corrected chi connectivity index (χ3v) is 4.98. The minimum atomic E-state index is -3.48. The summed E-state index contributed by atoms with van der Waals surface area (Å²) in [6, 6.07) is 0. The van der Waals surface area contributed by atoms with Crippen LogP contribution in [0.25, 0.3) is 0 Å². The van der Waals surface area contributed by atoms with Crippen LogP contribution in [0.3, 0.4) is 0 Å². The summed E-state index contributed by atoms with van der Waals surface area (Å²) < 4.78 is 21.6. The van der Waals surface area contributed by atoms with E-state index in [-0.39, 0.29) is 19.3 Å². The van der Waals surface area contributed by atoms with Crippen LogP contribution in [0.2, 0.25) is 0 Å². The molecule has 0 saturated carbocycles.